The van der Waals surface area contributed by atoms with Gasteiger partial charge in [0.05, 0.1) is 6.54 Å². The third-order valence-corrected chi connectivity index (χ3v) is 2.43. The Morgan fingerprint density at radius 3 is 3.20 bits per heavy atom. The van der Waals surface area contributed by atoms with E-state index in [0.29, 0.717) is 0 Å². The molecule has 0 fully saturated rings. The van der Waals surface area contributed by atoms with E-state index in [2.05, 4.69) is 30.0 Å². The van der Waals surface area contributed by atoms with Gasteiger partial charge in [0, 0.05) is 19.3 Å². The van der Waals surface area contributed by atoms with Crippen molar-refractivity contribution in [1.29, 1.82) is 0 Å². The lowest BCUT2D eigenvalue weighted by molar-refractivity contribution is 0.508. The van der Waals surface area contributed by atoms with E-state index in [9.17, 15) is 0 Å². The Kier molecular flexibility index (Phi) is 1.92. The van der Waals surface area contributed by atoms with Crippen LogP contribution in [0.3, 0.4) is 0 Å². The molecule has 2 aromatic heterocycles. The number of hydrogen-bond acceptors (Lipinski definition) is 5. The lowest BCUT2D eigenvalue weighted by atomic mass is 10.3. The minimum atomic E-state index is 0.776. The van der Waals surface area contributed by atoms with Crippen LogP contribution < -0.4 is 5.32 Å². The molecule has 15 heavy (non-hydrogen) atoms. The highest BCUT2D eigenvalue weighted by Gasteiger charge is 2.16. The molecular formula is C9H10N6. The number of hydrogen-bond donors (Lipinski definition) is 1. The molecule has 0 aromatic carbocycles. The fourth-order valence-electron chi connectivity index (χ4n) is 1.70. The molecule has 0 atom stereocenters. The van der Waals surface area contributed by atoms with Crippen molar-refractivity contribution in [3.8, 4) is 11.5 Å². The molecule has 0 radical (unpaired) electrons. The predicted octanol–water partition coefficient (Wildman–Crippen LogP) is -0.162. The zero-order valence-corrected chi connectivity index (χ0v) is 8.09. The molecule has 0 saturated heterocycles. The Labute approximate surface area is 86.4 Å². The molecule has 6 heteroatoms. The standard InChI is InChI=1S/C9H10N6/c1-2-11-6-12-7(1)9-14-13-8-5-10-3-4-15(8)9/h1-2,6,10H,3-5H2. The van der Waals surface area contributed by atoms with Crippen molar-refractivity contribution < 1.29 is 0 Å². The normalized spacial score (nSPS) is 14.9. The number of fused-ring (bicyclic) bond motifs is 1. The van der Waals surface area contributed by atoms with Crippen LogP contribution in [0.2, 0.25) is 0 Å². The van der Waals surface area contributed by atoms with Gasteiger partial charge in [-0.05, 0) is 6.07 Å². The molecule has 0 amide bonds. The number of rotatable bonds is 1. The zero-order valence-electron chi connectivity index (χ0n) is 8.09. The van der Waals surface area contributed by atoms with Gasteiger partial charge >= 0.3 is 0 Å². The van der Waals surface area contributed by atoms with Crippen molar-refractivity contribution in [3.05, 3.63) is 24.4 Å². The van der Waals surface area contributed by atoms with Gasteiger partial charge < -0.3 is 9.88 Å². The Bertz CT molecular complexity index is 463. The third kappa shape index (κ3) is 1.39. The van der Waals surface area contributed by atoms with Gasteiger partial charge in [0.2, 0.25) is 0 Å². The summed E-state index contributed by atoms with van der Waals surface area (Å²) in [4.78, 5) is 8.06. The number of nitrogens with zero attached hydrogens (tertiary/aromatic N) is 5. The summed E-state index contributed by atoms with van der Waals surface area (Å²) in [5, 5.41) is 11.5. The van der Waals surface area contributed by atoms with E-state index >= 15 is 0 Å². The molecule has 1 N–H and O–H groups in total. The summed E-state index contributed by atoms with van der Waals surface area (Å²) in [5.74, 6) is 1.80. The maximum atomic E-state index is 4.17. The first-order valence-electron chi connectivity index (χ1n) is 4.84. The molecule has 2 aromatic rings. The van der Waals surface area contributed by atoms with Crippen molar-refractivity contribution >= 4 is 0 Å². The summed E-state index contributed by atoms with van der Waals surface area (Å²) in [7, 11) is 0. The van der Waals surface area contributed by atoms with Crippen LogP contribution in [0.15, 0.2) is 18.6 Å². The van der Waals surface area contributed by atoms with Crippen LogP contribution in [0.4, 0.5) is 0 Å². The molecule has 6 nitrogen and oxygen atoms in total. The second-order valence-corrected chi connectivity index (χ2v) is 3.36. The highest BCUT2D eigenvalue weighted by molar-refractivity contribution is 5.48. The topological polar surface area (TPSA) is 68.5 Å². The van der Waals surface area contributed by atoms with E-state index in [1.807, 2.05) is 6.07 Å². The van der Waals surface area contributed by atoms with Gasteiger partial charge in [-0.1, -0.05) is 0 Å². The van der Waals surface area contributed by atoms with E-state index in [1.165, 1.54) is 6.33 Å². The SMILES string of the molecule is c1cc(-c2nnc3n2CCNC3)ncn1. The minimum Gasteiger partial charge on any atom is -0.308 e. The predicted molar refractivity (Wildman–Crippen MR) is 52.8 cm³/mol. The summed E-state index contributed by atoms with van der Waals surface area (Å²) < 4.78 is 2.10. The van der Waals surface area contributed by atoms with E-state index in [4.69, 9.17) is 0 Å². The third-order valence-electron chi connectivity index (χ3n) is 2.43. The molecule has 0 spiro atoms. The number of nitrogens with one attached hydrogen (secondary N) is 1. The summed E-state index contributed by atoms with van der Waals surface area (Å²) in [6.07, 6.45) is 3.24. The van der Waals surface area contributed by atoms with Crippen molar-refractivity contribution in [2.45, 2.75) is 13.1 Å². The second kappa shape index (κ2) is 3.39. The zero-order chi connectivity index (χ0) is 10.1. The molecule has 3 rings (SSSR count). The molecule has 0 saturated carbocycles. The maximum absolute atomic E-state index is 4.17. The Balaban J connectivity index is 2.09. The first-order valence-corrected chi connectivity index (χ1v) is 4.84. The molecule has 76 valence electrons. The van der Waals surface area contributed by atoms with Crippen LogP contribution in [-0.2, 0) is 13.1 Å². The highest BCUT2D eigenvalue weighted by atomic mass is 15.3. The molecule has 3 heterocycles. The Hall–Kier alpha value is -1.82. The fourth-order valence-corrected chi connectivity index (χ4v) is 1.70. The van der Waals surface area contributed by atoms with Gasteiger partial charge in [0.15, 0.2) is 5.82 Å². The summed E-state index contributed by atoms with van der Waals surface area (Å²) in [5.41, 5.74) is 0.825. The lowest BCUT2D eigenvalue weighted by Gasteiger charge is -2.15. The monoisotopic (exact) mass is 202 g/mol. The van der Waals surface area contributed by atoms with Crippen LogP contribution in [0.1, 0.15) is 5.82 Å². The second-order valence-electron chi connectivity index (χ2n) is 3.36. The van der Waals surface area contributed by atoms with Gasteiger partial charge in [-0.3, -0.25) is 0 Å². The average Bonchev–Trinajstić information content (AvgIpc) is 2.74. The van der Waals surface area contributed by atoms with Crippen molar-refractivity contribution in [2.75, 3.05) is 6.54 Å². The molecule has 0 bridgehead atoms. The van der Waals surface area contributed by atoms with Crippen molar-refractivity contribution in [2.24, 2.45) is 0 Å². The minimum absolute atomic E-state index is 0.776. The lowest BCUT2D eigenvalue weighted by Crippen LogP contribution is -2.28. The van der Waals surface area contributed by atoms with Gasteiger partial charge in [-0.2, -0.15) is 0 Å². The van der Waals surface area contributed by atoms with Crippen LogP contribution in [0.25, 0.3) is 11.5 Å². The van der Waals surface area contributed by atoms with Gasteiger partial charge in [-0.15, -0.1) is 10.2 Å². The number of aromatic nitrogens is 5. The van der Waals surface area contributed by atoms with E-state index in [0.717, 1.165) is 37.0 Å². The van der Waals surface area contributed by atoms with Crippen LogP contribution in [0.5, 0.6) is 0 Å². The Morgan fingerprint density at radius 2 is 2.33 bits per heavy atom. The summed E-state index contributed by atoms with van der Waals surface area (Å²) in [6.45, 7) is 2.61. The van der Waals surface area contributed by atoms with E-state index in [-0.39, 0.29) is 0 Å². The van der Waals surface area contributed by atoms with Gasteiger partial charge in [0.25, 0.3) is 0 Å². The summed E-state index contributed by atoms with van der Waals surface area (Å²) in [6, 6.07) is 1.85. The van der Waals surface area contributed by atoms with Crippen LogP contribution in [-0.4, -0.2) is 31.3 Å². The molecule has 1 aliphatic rings. The van der Waals surface area contributed by atoms with Crippen LogP contribution >= 0.6 is 0 Å². The quantitative estimate of drug-likeness (QED) is 0.695. The first kappa shape index (κ1) is 8.49. The van der Waals surface area contributed by atoms with Gasteiger partial charge in [0.1, 0.15) is 17.8 Å². The maximum Gasteiger partial charge on any atom is 0.182 e. The average molecular weight is 202 g/mol. The smallest absolute Gasteiger partial charge is 0.182 e. The molecule has 1 aliphatic heterocycles. The van der Waals surface area contributed by atoms with E-state index in [1.54, 1.807) is 6.20 Å². The van der Waals surface area contributed by atoms with Crippen molar-refractivity contribution in [3.63, 3.8) is 0 Å². The van der Waals surface area contributed by atoms with Gasteiger partial charge in [-0.25, -0.2) is 9.97 Å². The molecule has 0 aliphatic carbocycles. The Morgan fingerprint density at radius 1 is 1.33 bits per heavy atom. The van der Waals surface area contributed by atoms with Crippen molar-refractivity contribution in [1.82, 2.24) is 30.0 Å². The highest BCUT2D eigenvalue weighted by Crippen LogP contribution is 2.16. The summed E-state index contributed by atoms with van der Waals surface area (Å²) >= 11 is 0. The van der Waals surface area contributed by atoms with Crippen LogP contribution in [0, 0.1) is 0 Å². The van der Waals surface area contributed by atoms with E-state index < -0.39 is 0 Å². The molecular weight excluding hydrogens is 192 g/mol. The molecule has 0 unspecified atom stereocenters. The first-order chi connectivity index (χ1) is 7.45. The fraction of sp³-hybridized carbons (Fsp3) is 0.333. The largest absolute Gasteiger partial charge is 0.308 e.